The lowest BCUT2D eigenvalue weighted by Crippen LogP contribution is -2.41. The molecule has 0 spiro atoms. The molecule has 0 fully saturated rings. The van der Waals surface area contributed by atoms with Gasteiger partial charge in [0, 0.05) is 0 Å². The Bertz CT molecular complexity index is 239. The maximum Gasteiger partial charge on any atom is 0.132 e. The SMILES string of the molecule is CCCC[N+](C)(C)c1ccccc1. The topological polar surface area (TPSA) is 0 Å². The number of quaternary nitrogens is 1. The Kier molecular flexibility index (Phi) is 3.49. The van der Waals surface area contributed by atoms with Crippen molar-refractivity contribution in [3.8, 4) is 0 Å². The zero-order valence-electron chi connectivity index (χ0n) is 8.96. The Balaban J connectivity index is 2.69. The van der Waals surface area contributed by atoms with Crippen LogP contribution in [-0.4, -0.2) is 20.6 Å². The molecule has 0 radical (unpaired) electrons. The number of nitrogens with zero attached hydrogens (tertiary/aromatic N) is 1. The summed E-state index contributed by atoms with van der Waals surface area (Å²) in [5.41, 5.74) is 1.40. The van der Waals surface area contributed by atoms with E-state index in [-0.39, 0.29) is 0 Å². The maximum absolute atomic E-state index is 2.27. The van der Waals surface area contributed by atoms with Crippen LogP contribution in [0.15, 0.2) is 30.3 Å². The molecular formula is C12H20N+. The molecule has 0 aliphatic rings. The quantitative estimate of drug-likeness (QED) is 0.622. The lowest BCUT2D eigenvalue weighted by molar-refractivity contribution is 0.388. The molecule has 1 rings (SSSR count). The Morgan fingerprint density at radius 3 is 2.23 bits per heavy atom. The van der Waals surface area contributed by atoms with Crippen LogP contribution in [0.2, 0.25) is 0 Å². The van der Waals surface area contributed by atoms with Crippen LogP contribution < -0.4 is 4.48 Å². The van der Waals surface area contributed by atoms with Gasteiger partial charge in [-0.3, -0.25) is 4.48 Å². The lowest BCUT2D eigenvalue weighted by atomic mass is 10.2. The van der Waals surface area contributed by atoms with Gasteiger partial charge in [-0.25, -0.2) is 0 Å². The Hall–Kier alpha value is -0.820. The molecule has 0 aliphatic heterocycles. The van der Waals surface area contributed by atoms with E-state index in [4.69, 9.17) is 0 Å². The van der Waals surface area contributed by atoms with Crippen LogP contribution >= 0.6 is 0 Å². The molecule has 0 amide bonds. The predicted octanol–water partition coefficient (Wildman–Crippen LogP) is 3.05. The summed E-state index contributed by atoms with van der Waals surface area (Å²) in [5.74, 6) is 0. The molecular weight excluding hydrogens is 158 g/mol. The van der Waals surface area contributed by atoms with Crippen LogP contribution in [0.3, 0.4) is 0 Å². The fraction of sp³-hybridized carbons (Fsp3) is 0.500. The first-order valence-corrected chi connectivity index (χ1v) is 5.05. The maximum atomic E-state index is 2.27. The standard InChI is InChI=1S/C12H20N/c1-4-5-11-13(2,3)12-9-7-6-8-10-12/h6-10H,4-5,11H2,1-3H3/q+1. The molecule has 1 aromatic carbocycles. The second kappa shape index (κ2) is 4.43. The van der Waals surface area contributed by atoms with Gasteiger partial charge in [-0.15, -0.1) is 0 Å². The number of rotatable bonds is 4. The molecule has 0 saturated heterocycles. The van der Waals surface area contributed by atoms with Crippen molar-refractivity contribution in [2.45, 2.75) is 19.8 Å². The summed E-state index contributed by atoms with van der Waals surface area (Å²) in [4.78, 5) is 0. The van der Waals surface area contributed by atoms with Gasteiger partial charge in [0.25, 0.3) is 0 Å². The van der Waals surface area contributed by atoms with Crippen molar-refractivity contribution in [2.24, 2.45) is 0 Å². The van der Waals surface area contributed by atoms with Gasteiger partial charge in [-0.1, -0.05) is 31.5 Å². The second-order valence-electron chi connectivity index (χ2n) is 4.10. The number of hydrogen-bond donors (Lipinski definition) is 0. The molecule has 13 heavy (non-hydrogen) atoms. The summed E-state index contributed by atoms with van der Waals surface area (Å²) in [5, 5.41) is 0. The number of benzene rings is 1. The average Bonchev–Trinajstić information content (AvgIpc) is 2.16. The molecule has 0 heterocycles. The highest BCUT2D eigenvalue weighted by Crippen LogP contribution is 2.18. The summed E-state index contributed by atoms with van der Waals surface area (Å²) in [6.45, 7) is 3.46. The first-order chi connectivity index (χ1) is 6.17. The highest BCUT2D eigenvalue weighted by molar-refractivity contribution is 5.40. The van der Waals surface area contributed by atoms with Crippen LogP contribution in [-0.2, 0) is 0 Å². The third-order valence-electron chi connectivity index (χ3n) is 2.53. The van der Waals surface area contributed by atoms with E-state index in [1.807, 2.05) is 0 Å². The van der Waals surface area contributed by atoms with Crippen molar-refractivity contribution >= 4 is 5.69 Å². The zero-order valence-corrected chi connectivity index (χ0v) is 8.96. The van der Waals surface area contributed by atoms with E-state index in [1.165, 1.54) is 25.1 Å². The van der Waals surface area contributed by atoms with Crippen LogP contribution in [0, 0.1) is 0 Å². The zero-order chi connectivity index (χ0) is 9.73. The Labute approximate surface area is 81.6 Å². The minimum atomic E-state index is 0.995. The van der Waals surface area contributed by atoms with Crippen LogP contribution in [0.25, 0.3) is 0 Å². The van der Waals surface area contributed by atoms with E-state index in [2.05, 4.69) is 51.4 Å². The van der Waals surface area contributed by atoms with Gasteiger partial charge in [-0.05, 0) is 18.6 Å². The minimum absolute atomic E-state index is 0.995. The molecule has 0 N–H and O–H groups in total. The monoisotopic (exact) mass is 178 g/mol. The smallest absolute Gasteiger partial charge is 0.132 e. The highest BCUT2D eigenvalue weighted by Gasteiger charge is 2.16. The van der Waals surface area contributed by atoms with Gasteiger partial charge < -0.3 is 0 Å². The normalized spacial score (nSPS) is 11.6. The minimum Gasteiger partial charge on any atom is -0.296 e. The van der Waals surface area contributed by atoms with E-state index in [0.717, 1.165) is 4.48 Å². The van der Waals surface area contributed by atoms with E-state index >= 15 is 0 Å². The van der Waals surface area contributed by atoms with Gasteiger partial charge in [0.05, 0.1) is 20.6 Å². The average molecular weight is 178 g/mol. The Morgan fingerprint density at radius 2 is 1.69 bits per heavy atom. The van der Waals surface area contributed by atoms with E-state index in [1.54, 1.807) is 0 Å². The molecule has 0 bridgehead atoms. The molecule has 0 unspecified atom stereocenters. The van der Waals surface area contributed by atoms with E-state index in [9.17, 15) is 0 Å². The van der Waals surface area contributed by atoms with E-state index in [0.29, 0.717) is 0 Å². The van der Waals surface area contributed by atoms with Crippen molar-refractivity contribution in [3.63, 3.8) is 0 Å². The van der Waals surface area contributed by atoms with Crippen LogP contribution in [0.4, 0.5) is 5.69 Å². The lowest BCUT2D eigenvalue weighted by Gasteiger charge is -2.29. The van der Waals surface area contributed by atoms with Crippen molar-refractivity contribution in [3.05, 3.63) is 30.3 Å². The fourth-order valence-corrected chi connectivity index (χ4v) is 1.51. The molecule has 0 saturated carbocycles. The molecule has 1 heteroatoms. The van der Waals surface area contributed by atoms with Gasteiger partial charge in [-0.2, -0.15) is 0 Å². The van der Waals surface area contributed by atoms with Crippen molar-refractivity contribution in [1.82, 2.24) is 4.48 Å². The number of hydrogen-bond acceptors (Lipinski definition) is 0. The van der Waals surface area contributed by atoms with Gasteiger partial charge in [0.15, 0.2) is 0 Å². The van der Waals surface area contributed by atoms with Gasteiger partial charge in [0.1, 0.15) is 5.69 Å². The first-order valence-electron chi connectivity index (χ1n) is 5.05. The first kappa shape index (κ1) is 10.3. The van der Waals surface area contributed by atoms with Crippen LogP contribution in [0.5, 0.6) is 0 Å². The largest absolute Gasteiger partial charge is 0.296 e. The highest BCUT2D eigenvalue weighted by atomic mass is 15.3. The number of para-hydroxylation sites is 1. The van der Waals surface area contributed by atoms with Crippen molar-refractivity contribution in [2.75, 3.05) is 20.6 Å². The molecule has 0 atom stereocenters. The summed E-state index contributed by atoms with van der Waals surface area (Å²) in [7, 11) is 4.54. The van der Waals surface area contributed by atoms with Crippen molar-refractivity contribution < 1.29 is 0 Å². The molecule has 0 aromatic heterocycles. The summed E-state index contributed by atoms with van der Waals surface area (Å²) in [6.07, 6.45) is 2.57. The molecule has 0 aliphatic carbocycles. The number of unbranched alkanes of at least 4 members (excludes halogenated alkanes) is 1. The molecule has 72 valence electrons. The van der Waals surface area contributed by atoms with E-state index < -0.39 is 0 Å². The summed E-state index contributed by atoms with van der Waals surface area (Å²) < 4.78 is 0.995. The molecule has 1 nitrogen and oxygen atoms in total. The predicted molar refractivity (Wildman–Crippen MR) is 59.9 cm³/mol. The second-order valence-corrected chi connectivity index (χ2v) is 4.10. The third-order valence-corrected chi connectivity index (χ3v) is 2.53. The van der Waals surface area contributed by atoms with Crippen LogP contribution in [0.1, 0.15) is 19.8 Å². The van der Waals surface area contributed by atoms with Gasteiger partial charge in [0.2, 0.25) is 0 Å². The summed E-state index contributed by atoms with van der Waals surface area (Å²) >= 11 is 0. The third kappa shape index (κ3) is 2.85. The Morgan fingerprint density at radius 1 is 1.08 bits per heavy atom. The van der Waals surface area contributed by atoms with Crippen molar-refractivity contribution in [1.29, 1.82) is 0 Å². The summed E-state index contributed by atoms with van der Waals surface area (Å²) in [6, 6.07) is 10.7. The fourth-order valence-electron chi connectivity index (χ4n) is 1.51. The van der Waals surface area contributed by atoms with Gasteiger partial charge >= 0.3 is 0 Å². The molecule has 1 aromatic rings.